The summed E-state index contributed by atoms with van der Waals surface area (Å²) in [5.74, 6) is -0.0533. The van der Waals surface area contributed by atoms with Gasteiger partial charge < -0.3 is 29.6 Å². The van der Waals surface area contributed by atoms with Crippen LogP contribution in [0.3, 0.4) is 0 Å². The average molecular weight is 570 g/mol. The molecule has 1 amide bonds. The molecule has 2 N–H and O–H groups in total. The average Bonchev–Trinajstić information content (AvgIpc) is 3.47. The third-order valence-electron chi connectivity index (χ3n) is 7.18. The molecule has 2 atom stereocenters. The first-order valence-electron chi connectivity index (χ1n) is 13.1. The molecule has 0 saturated carbocycles. The molecule has 1 fully saturated rings. The van der Waals surface area contributed by atoms with Crippen LogP contribution in [0.1, 0.15) is 52.0 Å². The van der Waals surface area contributed by atoms with E-state index >= 15 is 0 Å². The Morgan fingerprint density at radius 2 is 1.80 bits per heavy atom. The van der Waals surface area contributed by atoms with Crippen LogP contribution in [-0.2, 0) is 9.53 Å². The zero-order valence-corrected chi connectivity index (χ0v) is 24.3. The topological polar surface area (TPSA) is 97.7 Å². The van der Waals surface area contributed by atoms with Crippen molar-refractivity contribution in [3.63, 3.8) is 0 Å². The molecule has 41 heavy (non-hydrogen) atoms. The number of ether oxygens (including phenoxy) is 2. The van der Waals surface area contributed by atoms with Crippen LogP contribution < -0.4 is 20.3 Å². The van der Waals surface area contributed by atoms with E-state index in [-0.39, 0.29) is 18.0 Å². The van der Waals surface area contributed by atoms with Gasteiger partial charge >= 0.3 is 5.97 Å². The van der Waals surface area contributed by atoms with Crippen molar-refractivity contribution in [2.24, 2.45) is 0 Å². The maximum Gasteiger partial charge on any atom is 0.337 e. The summed E-state index contributed by atoms with van der Waals surface area (Å²) in [6.45, 7) is 5.54. The summed E-state index contributed by atoms with van der Waals surface area (Å²) < 4.78 is 12.5. The molecular weight excluding hydrogens is 538 g/mol. The van der Waals surface area contributed by atoms with Gasteiger partial charge in [-0.3, -0.25) is 9.78 Å². The molecule has 0 aliphatic carbocycles. The molecule has 0 bridgehead atoms. The molecule has 1 aliphatic rings. The molecule has 2 aromatic heterocycles. The number of aromatic nitrogens is 2. The number of nitrogens with zero attached hydrogens (tertiary/aromatic N) is 3. The summed E-state index contributed by atoms with van der Waals surface area (Å²) in [6.07, 6.45) is 1.77. The van der Waals surface area contributed by atoms with Crippen molar-refractivity contribution in [1.82, 2.24) is 14.9 Å². The molecule has 9 nitrogen and oxygen atoms in total. The normalized spacial score (nSPS) is 16.3. The number of hydrogen-bond donors (Lipinski definition) is 2. The van der Waals surface area contributed by atoms with Gasteiger partial charge in [0.15, 0.2) is 5.11 Å². The number of methoxy groups -OCH3 is 2. The van der Waals surface area contributed by atoms with Crippen LogP contribution >= 0.6 is 12.2 Å². The third kappa shape index (κ3) is 5.26. The van der Waals surface area contributed by atoms with Gasteiger partial charge in [0.1, 0.15) is 5.75 Å². The predicted molar refractivity (Wildman–Crippen MR) is 162 cm³/mol. The Morgan fingerprint density at radius 3 is 2.49 bits per heavy atom. The Hall–Kier alpha value is -4.70. The van der Waals surface area contributed by atoms with Gasteiger partial charge in [0.05, 0.1) is 43.2 Å². The molecule has 2 aromatic carbocycles. The van der Waals surface area contributed by atoms with Gasteiger partial charge in [0, 0.05) is 35.9 Å². The standard InChI is InChI=1S/C31H31N5O4S/c1-18-15-24(19(2)35(18)22-10-8-9-21(16-22)30(38)40-5)29-28(25-11-6-7-14-32-25)34-31(41)36(29)23-12-13-27(39-4)26(17-23)33-20(3)37/h6-17,28-29H,1-5H3,(H,33,37)(H,34,41)/t28-,29+/m0/s1. The van der Waals surface area contributed by atoms with Gasteiger partial charge in [-0.15, -0.1) is 0 Å². The van der Waals surface area contributed by atoms with E-state index in [4.69, 9.17) is 21.7 Å². The van der Waals surface area contributed by atoms with E-state index < -0.39 is 5.97 Å². The highest BCUT2D eigenvalue weighted by molar-refractivity contribution is 7.80. The fourth-order valence-electron chi connectivity index (χ4n) is 5.46. The Labute approximate surface area is 244 Å². The number of nitrogens with one attached hydrogen (secondary N) is 2. The fraction of sp³-hybridized carbons (Fsp3) is 0.226. The Morgan fingerprint density at radius 1 is 1.00 bits per heavy atom. The molecule has 0 spiro atoms. The number of rotatable bonds is 7. The number of esters is 1. The lowest BCUT2D eigenvalue weighted by molar-refractivity contribution is -0.114. The molecule has 1 saturated heterocycles. The maximum absolute atomic E-state index is 12.3. The second-order valence-corrected chi connectivity index (χ2v) is 10.2. The Bertz CT molecular complexity index is 1630. The van der Waals surface area contributed by atoms with E-state index in [0.717, 1.165) is 34.0 Å². The molecular formula is C31H31N5O4S. The van der Waals surface area contributed by atoms with Gasteiger partial charge in [0.2, 0.25) is 5.91 Å². The molecule has 4 aromatic rings. The fourth-order valence-corrected chi connectivity index (χ4v) is 5.80. The SMILES string of the molecule is COC(=O)c1cccc(-n2c(C)cc([C@@H]3[C@H](c4ccccn4)NC(=S)N3c3ccc(OC)c(NC(C)=O)c3)c2C)c1. The van der Waals surface area contributed by atoms with Crippen LogP contribution in [0.15, 0.2) is 72.9 Å². The quantitative estimate of drug-likeness (QED) is 0.225. The van der Waals surface area contributed by atoms with Crippen LogP contribution in [0, 0.1) is 13.8 Å². The van der Waals surface area contributed by atoms with Crippen molar-refractivity contribution in [3.05, 3.63) is 101 Å². The highest BCUT2D eigenvalue weighted by Gasteiger charge is 2.42. The van der Waals surface area contributed by atoms with Crippen molar-refractivity contribution >= 4 is 40.6 Å². The van der Waals surface area contributed by atoms with E-state index in [1.165, 1.54) is 14.0 Å². The predicted octanol–water partition coefficient (Wildman–Crippen LogP) is 5.42. The summed E-state index contributed by atoms with van der Waals surface area (Å²) >= 11 is 5.91. The van der Waals surface area contributed by atoms with Crippen molar-refractivity contribution in [2.45, 2.75) is 32.9 Å². The van der Waals surface area contributed by atoms with Crippen molar-refractivity contribution in [2.75, 3.05) is 24.4 Å². The monoisotopic (exact) mass is 569 g/mol. The molecule has 10 heteroatoms. The van der Waals surface area contributed by atoms with Crippen molar-refractivity contribution in [3.8, 4) is 11.4 Å². The lowest BCUT2D eigenvalue weighted by atomic mass is 9.96. The Balaban J connectivity index is 1.67. The summed E-state index contributed by atoms with van der Waals surface area (Å²) in [7, 11) is 2.93. The lowest BCUT2D eigenvalue weighted by Gasteiger charge is -2.29. The summed E-state index contributed by atoms with van der Waals surface area (Å²) in [6, 6.07) is 20.4. The summed E-state index contributed by atoms with van der Waals surface area (Å²) in [4.78, 5) is 30.9. The number of aryl methyl sites for hydroxylation is 1. The van der Waals surface area contributed by atoms with Crippen LogP contribution in [0.5, 0.6) is 5.75 Å². The highest BCUT2D eigenvalue weighted by Crippen LogP contribution is 2.45. The second-order valence-electron chi connectivity index (χ2n) is 9.77. The van der Waals surface area contributed by atoms with Gasteiger partial charge in [-0.2, -0.15) is 0 Å². The van der Waals surface area contributed by atoms with Crippen LogP contribution in [0.2, 0.25) is 0 Å². The van der Waals surface area contributed by atoms with Crippen LogP contribution in [0.25, 0.3) is 5.69 Å². The van der Waals surface area contributed by atoms with E-state index in [1.807, 2.05) is 61.5 Å². The molecule has 1 aliphatic heterocycles. The first-order chi connectivity index (χ1) is 19.7. The van der Waals surface area contributed by atoms with Crippen molar-refractivity contribution in [1.29, 1.82) is 0 Å². The largest absolute Gasteiger partial charge is 0.495 e. The second kappa shape index (κ2) is 11.4. The number of pyridine rings is 1. The molecule has 3 heterocycles. The van der Waals surface area contributed by atoms with E-state index in [2.05, 4.69) is 38.1 Å². The number of hydrogen-bond acceptors (Lipinski definition) is 6. The number of thiocarbonyl (C=S) groups is 1. The van der Waals surface area contributed by atoms with Crippen LogP contribution in [0.4, 0.5) is 11.4 Å². The van der Waals surface area contributed by atoms with Gasteiger partial charge in [-0.05, 0) is 86.2 Å². The van der Waals surface area contributed by atoms with Gasteiger partial charge in [-0.1, -0.05) is 12.1 Å². The number of carbonyl (C=O) groups excluding carboxylic acids is 2. The minimum Gasteiger partial charge on any atom is -0.495 e. The van der Waals surface area contributed by atoms with E-state index in [0.29, 0.717) is 22.1 Å². The maximum atomic E-state index is 12.3. The third-order valence-corrected chi connectivity index (χ3v) is 7.50. The minimum atomic E-state index is -0.393. The molecule has 5 rings (SSSR count). The molecule has 210 valence electrons. The van der Waals surface area contributed by atoms with Crippen LogP contribution in [-0.4, -0.2) is 40.8 Å². The lowest BCUT2D eigenvalue weighted by Crippen LogP contribution is -2.29. The zero-order valence-electron chi connectivity index (χ0n) is 23.5. The molecule has 0 unspecified atom stereocenters. The first kappa shape index (κ1) is 27.9. The number of anilines is 2. The first-order valence-corrected chi connectivity index (χ1v) is 13.5. The number of benzene rings is 2. The van der Waals surface area contributed by atoms with Crippen molar-refractivity contribution < 1.29 is 19.1 Å². The van der Waals surface area contributed by atoms with Gasteiger partial charge in [-0.25, -0.2) is 4.79 Å². The summed E-state index contributed by atoms with van der Waals surface area (Å²) in [5, 5.41) is 6.88. The smallest absolute Gasteiger partial charge is 0.337 e. The van der Waals surface area contributed by atoms with E-state index in [9.17, 15) is 9.59 Å². The number of carbonyl (C=O) groups is 2. The number of amides is 1. The molecule has 0 radical (unpaired) electrons. The Kier molecular flexibility index (Phi) is 7.76. The minimum absolute atomic E-state index is 0.205. The zero-order chi connectivity index (χ0) is 29.3. The van der Waals surface area contributed by atoms with Gasteiger partial charge in [0.25, 0.3) is 0 Å². The summed E-state index contributed by atoms with van der Waals surface area (Å²) in [5.41, 5.74) is 6.51. The van der Waals surface area contributed by atoms with E-state index in [1.54, 1.807) is 19.4 Å². The highest BCUT2D eigenvalue weighted by atomic mass is 32.1.